The summed E-state index contributed by atoms with van der Waals surface area (Å²) in [5, 5.41) is 9.15. The van der Waals surface area contributed by atoms with Gasteiger partial charge in [-0.05, 0) is 35.8 Å². The lowest BCUT2D eigenvalue weighted by Gasteiger charge is -2.13. The molecule has 1 aliphatic rings. The van der Waals surface area contributed by atoms with Crippen LogP contribution >= 0.6 is 0 Å². The van der Waals surface area contributed by atoms with E-state index in [2.05, 4.69) is 0 Å². The maximum Gasteiger partial charge on any atom is 0.360 e. The van der Waals surface area contributed by atoms with Gasteiger partial charge >= 0.3 is 12.4 Å². The molecule has 1 heterocycles. The lowest BCUT2D eigenvalue weighted by atomic mass is 9.92. The summed E-state index contributed by atoms with van der Waals surface area (Å²) >= 11 is 0. The van der Waals surface area contributed by atoms with E-state index in [4.69, 9.17) is 19.3 Å². The molecule has 5 nitrogen and oxygen atoms in total. The van der Waals surface area contributed by atoms with Crippen LogP contribution in [0.2, 0.25) is 0 Å². The topological polar surface area (TPSA) is 65.0 Å². The highest BCUT2D eigenvalue weighted by molar-refractivity contribution is 5.86. The normalized spacial score (nSPS) is 16.7. The van der Waals surface area contributed by atoms with Gasteiger partial charge in [0.05, 0.1) is 6.42 Å². The SMILES string of the molecule is COC1Oc2ccc(/C(=C(/C)CC(=O)O)c3ccccc3)cc2O1. The number of carboxylic acid groups (broad SMARTS) is 1. The molecule has 1 aliphatic heterocycles. The molecule has 2 aromatic carbocycles. The van der Waals surface area contributed by atoms with Crippen LogP contribution in [0.25, 0.3) is 5.57 Å². The van der Waals surface area contributed by atoms with Crippen molar-refractivity contribution in [3.8, 4) is 11.5 Å². The minimum Gasteiger partial charge on any atom is -0.481 e. The number of rotatable bonds is 5. The average molecular weight is 326 g/mol. The second-order valence-corrected chi connectivity index (χ2v) is 5.51. The Hall–Kier alpha value is -2.79. The second kappa shape index (κ2) is 6.76. The first-order chi connectivity index (χ1) is 11.6. The number of hydrogen-bond donors (Lipinski definition) is 1. The fourth-order valence-corrected chi connectivity index (χ4v) is 2.76. The van der Waals surface area contributed by atoms with E-state index in [1.165, 1.54) is 7.11 Å². The maximum atomic E-state index is 11.2. The highest BCUT2D eigenvalue weighted by Gasteiger charge is 2.25. The summed E-state index contributed by atoms with van der Waals surface area (Å²) < 4.78 is 16.1. The van der Waals surface area contributed by atoms with E-state index in [9.17, 15) is 4.79 Å². The Morgan fingerprint density at radius 3 is 2.46 bits per heavy atom. The van der Waals surface area contributed by atoms with Crippen LogP contribution in [0.5, 0.6) is 11.5 Å². The Bertz CT molecular complexity index is 780. The van der Waals surface area contributed by atoms with Crippen molar-refractivity contribution in [3.05, 3.63) is 65.2 Å². The van der Waals surface area contributed by atoms with E-state index < -0.39 is 12.4 Å². The van der Waals surface area contributed by atoms with Gasteiger partial charge in [0.2, 0.25) is 0 Å². The average Bonchev–Trinajstić information content (AvgIpc) is 2.98. The molecule has 5 heteroatoms. The quantitative estimate of drug-likeness (QED) is 0.908. The minimum absolute atomic E-state index is 0.0284. The van der Waals surface area contributed by atoms with Crippen LogP contribution in [0.15, 0.2) is 54.1 Å². The standard InChI is InChI=1S/C19H18O5/c1-12(10-17(20)21)18(13-6-4-3-5-7-13)14-8-9-15-16(11-14)24-19(22-2)23-15/h3-9,11,19H,10H2,1-2H3,(H,20,21)/b18-12-. The van der Waals surface area contributed by atoms with Crippen molar-refractivity contribution < 1.29 is 24.1 Å². The Morgan fingerprint density at radius 2 is 1.79 bits per heavy atom. The van der Waals surface area contributed by atoms with E-state index in [-0.39, 0.29) is 6.42 Å². The van der Waals surface area contributed by atoms with Crippen molar-refractivity contribution in [2.45, 2.75) is 19.8 Å². The third-order valence-electron chi connectivity index (χ3n) is 3.78. The van der Waals surface area contributed by atoms with E-state index in [0.717, 1.165) is 22.3 Å². The van der Waals surface area contributed by atoms with Crippen molar-refractivity contribution in [2.75, 3.05) is 7.11 Å². The molecule has 1 N–H and O–H groups in total. The van der Waals surface area contributed by atoms with Crippen molar-refractivity contribution in [1.29, 1.82) is 0 Å². The largest absolute Gasteiger partial charge is 0.481 e. The first-order valence-electron chi connectivity index (χ1n) is 7.56. The van der Waals surface area contributed by atoms with Gasteiger partial charge in [0.1, 0.15) is 0 Å². The number of carbonyl (C=O) groups is 1. The summed E-state index contributed by atoms with van der Waals surface area (Å²) in [6, 6.07) is 15.3. The molecular formula is C19H18O5. The van der Waals surface area contributed by atoms with Crippen LogP contribution in [0.4, 0.5) is 0 Å². The summed E-state index contributed by atoms with van der Waals surface area (Å²) in [5.74, 6) is 0.325. The van der Waals surface area contributed by atoms with Gasteiger partial charge in [0.25, 0.3) is 0 Å². The molecule has 1 unspecified atom stereocenters. The Kier molecular flexibility index (Phi) is 4.53. The molecule has 0 spiro atoms. The number of benzene rings is 2. The van der Waals surface area contributed by atoms with Crippen LogP contribution in [0.1, 0.15) is 24.5 Å². The maximum absolute atomic E-state index is 11.2. The van der Waals surface area contributed by atoms with Crippen LogP contribution in [0, 0.1) is 0 Å². The molecule has 0 saturated heterocycles. The number of aliphatic carboxylic acids is 1. The number of hydrogen-bond acceptors (Lipinski definition) is 4. The molecule has 124 valence electrons. The van der Waals surface area contributed by atoms with Gasteiger partial charge in [-0.25, -0.2) is 0 Å². The van der Waals surface area contributed by atoms with Gasteiger partial charge in [0.15, 0.2) is 11.5 Å². The zero-order valence-corrected chi connectivity index (χ0v) is 13.5. The molecule has 0 amide bonds. The summed E-state index contributed by atoms with van der Waals surface area (Å²) in [6.07, 6.45) is -0.0284. The van der Waals surface area contributed by atoms with E-state index >= 15 is 0 Å². The lowest BCUT2D eigenvalue weighted by Crippen LogP contribution is -2.19. The number of fused-ring (bicyclic) bond motifs is 1. The molecule has 0 saturated carbocycles. The van der Waals surface area contributed by atoms with Gasteiger partial charge in [-0.15, -0.1) is 0 Å². The van der Waals surface area contributed by atoms with Crippen molar-refractivity contribution in [1.82, 2.24) is 0 Å². The van der Waals surface area contributed by atoms with Gasteiger partial charge < -0.3 is 19.3 Å². The van der Waals surface area contributed by atoms with Crippen LogP contribution in [-0.4, -0.2) is 24.7 Å². The van der Waals surface area contributed by atoms with E-state index in [0.29, 0.717) is 11.5 Å². The number of methoxy groups -OCH3 is 1. The van der Waals surface area contributed by atoms with Crippen molar-refractivity contribution in [2.24, 2.45) is 0 Å². The fraction of sp³-hybridized carbons (Fsp3) is 0.211. The summed E-state index contributed by atoms with van der Waals surface area (Å²) in [4.78, 5) is 11.2. The van der Waals surface area contributed by atoms with E-state index in [1.54, 1.807) is 6.07 Å². The predicted molar refractivity (Wildman–Crippen MR) is 88.9 cm³/mol. The lowest BCUT2D eigenvalue weighted by molar-refractivity contribution is -0.157. The first-order valence-corrected chi connectivity index (χ1v) is 7.56. The van der Waals surface area contributed by atoms with Gasteiger partial charge in [-0.3, -0.25) is 4.79 Å². The summed E-state index contributed by atoms with van der Waals surface area (Å²) in [6.45, 7) is 1.08. The molecule has 24 heavy (non-hydrogen) atoms. The van der Waals surface area contributed by atoms with Crippen LogP contribution < -0.4 is 9.47 Å². The number of carboxylic acids is 1. The molecule has 0 aliphatic carbocycles. The molecule has 0 aromatic heterocycles. The molecule has 1 atom stereocenters. The van der Waals surface area contributed by atoms with Crippen molar-refractivity contribution >= 4 is 11.5 Å². The third-order valence-corrected chi connectivity index (χ3v) is 3.78. The summed E-state index contributed by atoms with van der Waals surface area (Å²) in [7, 11) is 1.50. The molecule has 0 radical (unpaired) electrons. The summed E-state index contributed by atoms with van der Waals surface area (Å²) in [5.41, 5.74) is 3.48. The third kappa shape index (κ3) is 3.26. The number of ether oxygens (including phenoxy) is 3. The highest BCUT2D eigenvalue weighted by atomic mass is 16.9. The fourth-order valence-electron chi connectivity index (χ4n) is 2.76. The highest BCUT2D eigenvalue weighted by Crippen LogP contribution is 2.39. The Balaban J connectivity index is 2.06. The zero-order chi connectivity index (χ0) is 17.1. The smallest absolute Gasteiger partial charge is 0.360 e. The monoisotopic (exact) mass is 326 g/mol. The first kappa shape index (κ1) is 16.1. The van der Waals surface area contributed by atoms with Gasteiger partial charge in [-0.1, -0.05) is 42.0 Å². The van der Waals surface area contributed by atoms with Crippen LogP contribution in [0.3, 0.4) is 0 Å². The predicted octanol–water partition coefficient (Wildman–Crippen LogP) is 3.68. The second-order valence-electron chi connectivity index (χ2n) is 5.51. The van der Waals surface area contributed by atoms with E-state index in [1.807, 2.05) is 49.4 Å². The molecule has 0 bridgehead atoms. The molecular weight excluding hydrogens is 308 g/mol. The molecule has 0 fully saturated rings. The minimum atomic E-state index is -0.860. The van der Waals surface area contributed by atoms with Gasteiger partial charge in [-0.2, -0.15) is 0 Å². The van der Waals surface area contributed by atoms with Crippen molar-refractivity contribution in [3.63, 3.8) is 0 Å². The zero-order valence-electron chi connectivity index (χ0n) is 13.5. The molecule has 3 rings (SSSR count). The Morgan fingerprint density at radius 1 is 1.08 bits per heavy atom. The van der Waals surface area contributed by atoms with Crippen LogP contribution in [-0.2, 0) is 9.53 Å². The Labute approximate surface area is 140 Å². The van der Waals surface area contributed by atoms with Gasteiger partial charge in [0, 0.05) is 7.11 Å². The molecule has 2 aromatic rings.